The maximum absolute atomic E-state index is 11.1. The molecule has 0 rings (SSSR count). The molecule has 0 heterocycles. The topological polar surface area (TPSA) is 76.0 Å². The minimum atomic E-state index is -2.21. The van der Waals surface area contributed by atoms with E-state index in [4.69, 9.17) is 39.9 Å². The first kappa shape index (κ1) is 15.2. The summed E-state index contributed by atoms with van der Waals surface area (Å²) in [5.74, 6) is -2.31. The van der Waals surface area contributed by atoms with Crippen LogP contribution in [0.25, 0.3) is 0 Å². The summed E-state index contributed by atoms with van der Waals surface area (Å²) in [5, 5.41) is 9.11. The zero-order chi connectivity index (χ0) is 12.9. The molecule has 0 radical (unpaired) electrons. The van der Waals surface area contributed by atoms with Gasteiger partial charge in [-0.1, -0.05) is 34.8 Å². The van der Waals surface area contributed by atoms with Gasteiger partial charge < -0.3 is 9.84 Å². The van der Waals surface area contributed by atoms with E-state index in [0.29, 0.717) is 0 Å². The molecule has 0 bridgehead atoms. The van der Waals surface area contributed by atoms with Crippen LogP contribution in [0.15, 0.2) is 16.3 Å². The van der Waals surface area contributed by atoms with Crippen molar-refractivity contribution < 1.29 is 19.4 Å². The van der Waals surface area contributed by atoms with Gasteiger partial charge in [0.25, 0.3) is 9.70 Å². The van der Waals surface area contributed by atoms with E-state index in [0.717, 1.165) is 13.3 Å². The number of methoxy groups -OCH3 is 1. The van der Waals surface area contributed by atoms with Crippen LogP contribution >= 0.6 is 34.8 Å². The van der Waals surface area contributed by atoms with E-state index >= 15 is 0 Å². The largest absolute Gasteiger partial charge is 0.512 e. The Bertz CT molecular complexity index is 353. The summed E-state index contributed by atoms with van der Waals surface area (Å²) in [6.07, 6.45) is 0.769. The fraction of sp³-hybridized carbons (Fsp3) is 0.375. The molecule has 0 aliphatic carbocycles. The number of amides is 1. The first-order chi connectivity index (χ1) is 7.20. The van der Waals surface area contributed by atoms with E-state index in [9.17, 15) is 9.59 Å². The molecule has 0 aromatic carbocycles. The normalized spacial score (nSPS) is 13.6. The number of hydrogen-bond acceptors (Lipinski definition) is 4. The van der Waals surface area contributed by atoms with Crippen molar-refractivity contribution in [3.8, 4) is 0 Å². The predicted octanol–water partition coefficient (Wildman–Crippen LogP) is 1.96. The van der Waals surface area contributed by atoms with Gasteiger partial charge in [-0.3, -0.25) is 4.79 Å². The van der Waals surface area contributed by atoms with Crippen molar-refractivity contribution in [3.63, 3.8) is 0 Å². The molecule has 1 amide bonds. The number of carbonyl (C=O) groups is 2. The molecular weight excluding hydrogens is 280 g/mol. The van der Waals surface area contributed by atoms with Crippen molar-refractivity contribution in [1.82, 2.24) is 0 Å². The highest BCUT2D eigenvalue weighted by atomic mass is 35.6. The summed E-state index contributed by atoms with van der Waals surface area (Å²) in [6.45, 7) is 1.22. The van der Waals surface area contributed by atoms with Gasteiger partial charge in [-0.25, -0.2) is 9.79 Å². The van der Waals surface area contributed by atoms with Crippen LogP contribution in [0.1, 0.15) is 6.92 Å². The number of rotatable bonds is 2. The molecule has 5 nitrogen and oxygen atoms in total. The standard InChI is InChI=1S/C8H8Cl3NO4/c1-4(13)5(6(14)16-2)3-12-7(15)8(9,10)11/h3,13H,1-2H3. The van der Waals surface area contributed by atoms with E-state index in [-0.39, 0.29) is 11.3 Å². The second-order valence-corrected chi connectivity index (χ2v) is 4.83. The van der Waals surface area contributed by atoms with Gasteiger partial charge >= 0.3 is 5.97 Å². The number of carbonyl (C=O) groups excluding carboxylic acids is 2. The molecule has 0 saturated heterocycles. The van der Waals surface area contributed by atoms with Gasteiger partial charge in [0, 0.05) is 6.21 Å². The van der Waals surface area contributed by atoms with Crippen molar-refractivity contribution in [3.05, 3.63) is 11.3 Å². The number of aliphatic hydroxyl groups excluding tert-OH is 1. The Morgan fingerprint density at radius 3 is 2.19 bits per heavy atom. The summed E-state index contributed by atoms with van der Waals surface area (Å²) in [4.78, 5) is 25.3. The van der Waals surface area contributed by atoms with Crippen LogP contribution in [-0.4, -0.2) is 34.1 Å². The average molecular weight is 289 g/mol. The lowest BCUT2D eigenvalue weighted by molar-refractivity contribution is -0.135. The third kappa shape index (κ3) is 4.83. The Hall–Kier alpha value is -0.780. The summed E-state index contributed by atoms with van der Waals surface area (Å²) in [6, 6.07) is 0. The molecule has 0 unspecified atom stereocenters. The number of aliphatic imine (C=N–C) groups is 1. The van der Waals surface area contributed by atoms with Crippen LogP contribution in [0, 0.1) is 0 Å². The second kappa shape index (κ2) is 6.08. The Morgan fingerprint density at radius 2 is 1.88 bits per heavy atom. The molecule has 16 heavy (non-hydrogen) atoms. The highest BCUT2D eigenvalue weighted by Gasteiger charge is 2.30. The predicted molar refractivity (Wildman–Crippen MR) is 61.1 cm³/mol. The van der Waals surface area contributed by atoms with Gasteiger partial charge in [0.2, 0.25) is 0 Å². The summed E-state index contributed by atoms with van der Waals surface area (Å²) >= 11 is 15.7. The summed E-state index contributed by atoms with van der Waals surface area (Å²) < 4.78 is 2.13. The molecular formula is C8H8Cl3NO4. The van der Waals surface area contributed by atoms with Gasteiger partial charge in [0.1, 0.15) is 11.3 Å². The number of aliphatic hydroxyl groups is 1. The van der Waals surface area contributed by atoms with E-state index in [1.54, 1.807) is 0 Å². The first-order valence-electron chi connectivity index (χ1n) is 3.83. The highest BCUT2D eigenvalue weighted by Crippen LogP contribution is 2.27. The highest BCUT2D eigenvalue weighted by molar-refractivity contribution is 6.76. The lowest BCUT2D eigenvalue weighted by Crippen LogP contribution is -2.17. The lowest BCUT2D eigenvalue weighted by Gasteiger charge is -2.04. The van der Waals surface area contributed by atoms with Crippen molar-refractivity contribution >= 4 is 52.9 Å². The molecule has 0 atom stereocenters. The lowest BCUT2D eigenvalue weighted by atomic mass is 10.2. The molecule has 0 saturated carbocycles. The van der Waals surface area contributed by atoms with E-state index < -0.39 is 15.7 Å². The quantitative estimate of drug-likeness (QED) is 0.277. The SMILES string of the molecule is COC(=O)C(C=NC(=O)C(Cl)(Cl)Cl)=C(C)O. The molecule has 0 aromatic rings. The maximum atomic E-state index is 11.1. The van der Waals surface area contributed by atoms with Gasteiger partial charge in [-0.2, -0.15) is 0 Å². The number of ether oxygens (including phenoxy) is 1. The molecule has 0 aromatic heterocycles. The van der Waals surface area contributed by atoms with Gasteiger partial charge in [-0.05, 0) is 6.92 Å². The number of halogens is 3. The maximum Gasteiger partial charge on any atom is 0.342 e. The second-order valence-electron chi connectivity index (χ2n) is 2.55. The van der Waals surface area contributed by atoms with Crippen LogP contribution in [0.5, 0.6) is 0 Å². The molecule has 8 heteroatoms. The van der Waals surface area contributed by atoms with E-state index in [1.807, 2.05) is 0 Å². The molecule has 0 aliphatic heterocycles. The zero-order valence-electron chi connectivity index (χ0n) is 8.33. The third-order valence-electron chi connectivity index (χ3n) is 1.35. The number of allylic oxidation sites excluding steroid dienone is 1. The smallest absolute Gasteiger partial charge is 0.342 e. The fourth-order valence-corrected chi connectivity index (χ4v) is 0.747. The van der Waals surface area contributed by atoms with Crippen LogP contribution in [-0.2, 0) is 14.3 Å². The van der Waals surface area contributed by atoms with Crippen LogP contribution in [0.3, 0.4) is 0 Å². The number of esters is 1. The van der Waals surface area contributed by atoms with Crippen molar-refractivity contribution in [1.29, 1.82) is 0 Å². The summed E-state index contributed by atoms with van der Waals surface area (Å²) in [7, 11) is 1.11. The third-order valence-corrected chi connectivity index (χ3v) is 1.83. The van der Waals surface area contributed by atoms with Gasteiger partial charge in [0.15, 0.2) is 0 Å². The monoisotopic (exact) mass is 287 g/mol. The Kier molecular flexibility index (Phi) is 5.78. The number of hydrogen-bond donors (Lipinski definition) is 1. The molecule has 0 spiro atoms. The minimum Gasteiger partial charge on any atom is -0.512 e. The molecule has 0 aliphatic rings. The van der Waals surface area contributed by atoms with Crippen molar-refractivity contribution in [2.75, 3.05) is 7.11 Å². The molecule has 0 fully saturated rings. The average Bonchev–Trinajstić information content (AvgIpc) is 2.15. The Morgan fingerprint density at radius 1 is 1.38 bits per heavy atom. The van der Waals surface area contributed by atoms with Crippen molar-refractivity contribution in [2.24, 2.45) is 4.99 Å². The van der Waals surface area contributed by atoms with Gasteiger partial charge in [0.05, 0.1) is 7.11 Å². The minimum absolute atomic E-state index is 0.301. The van der Waals surface area contributed by atoms with Crippen LogP contribution in [0.2, 0.25) is 0 Å². The first-order valence-corrected chi connectivity index (χ1v) is 4.97. The summed E-state index contributed by atoms with van der Waals surface area (Å²) in [5.41, 5.74) is -0.301. The molecule has 90 valence electrons. The Labute approximate surface area is 107 Å². The van der Waals surface area contributed by atoms with E-state index in [2.05, 4.69) is 9.73 Å². The van der Waals surface area contributed by atoms with Crippen LogP contribution < -0.4 is 0 Å². The Balaban J connectivity index is 4.95. The van der Waals surface area contributed by atoms with Crippen LogP contribution in [0.4, 0.5) is 0 Å². The van der Waals surface area contributed by atoms with Gasteiger partial charge in [-0.15, -0.1) is 0 Å². The van der Waals surface area contributed by atoms with E-state index in [1.165, 1.54) is 6.92 Å². The number of alkyl halides is 3. The number of nitrogens with zero attached hydrogens (tertiary/aromatic N) is 1. The van der Waals surface area contributed by atoms with Crippen molar-refractivity contribution in [2.45, 2.75) is 10.7 Å². The zero-order valence-corrected chi connectivity index (χ0v) is 10.6. The molecule has 1 N–H and O–H groups in total. The fourth-order valence-electron chi connectivity index (χ4n) is 0.600.